The largest absolute Gasteiger partial charge is 0.388 e. The Balaban J connectivity index is 1.96. The molecule has 2 rings (SSSR count). The van der Waals surface area contributed by atoms with Gasteiger partial charge in [0.2, 0.25) is 0 Å². The second-order valence-corrected chi connectivity index (χ2v) is 4.12. The number of hydrogen-bond acceptors (Lipinski definition) is 3. The first-order valence-electron chi connectivity index (χ1n) is 5.21. The van der Waals surface area contributed by atoms with E-state index in [1.54, 1.807) is 0 Å². The molecule has 16 heavy (non-hydrogen) atoms. The van der Waals surface area contributed by atoms with Gasteiger partial charge in [-0.15, -0.1) is 0 Å². The summed E-state index contributed by atoms with van der Waals surface area (Å²) in [5.74, 6) is -1.17. The van der Waals surface area contributed by atoms with Crippen LogP contribution in [0.5, 0.6) is 0 Å². The van der Waals surface area contributed by atoms with E-state index in [1.807, 2.05) is 0 Å². The molecular weight excluding hydrogens is 211 g/mol. The van der Waals surface area contributed by atoms with Gasteiger partial charge in [-0.3, -0.25) is 9.78 Å². The van der Waals surface area contributed by atoms with E-state index in [1.165, 1.54) is 12.3 Å². The number of carbonyl (C=O) groups is 1. The Hall–Kier alpha value is -1.49. The normalized spacial score (nSPS) is 17.6. The maximum atomic E-state index is 13.2. The van der Waals surface area contributed by atoms with E-state index in [9.17, 15) is 14.3 Å². The van der Waals surface area contributed by atoms with E-state index in [4.69, 9.17) is 0 Å². The minimum atomic E-state index is -0.792. The molecule has 0 aromatic carbocycles. The van der Waals surface area contributed by atoms with Crippen LogP contribution >= 0.6 is 0 Å². The van der Waals surface area contributed by atoms with Gasteiger partial charge in [0.05, 0.1) is 17.4 Å². The van der Waals surface area contributed by atoms with Crippen LogP contribution in [0, 0.1) is 5.82 Å². The van der Waals surface area contributed by atoms with Crippen LogP contribution in [0.25, 0.3) is 0 Å². The van der Waals surface area contributed by atoms with Crippen molar-refractivity contribution in [3.8, 4) is 0 Å². The van der Waals surface area contributed by atoms with E-state index in [2.05, 4.69) is 10.3 Å². The van der Waals surface area contributed by atoms with E-state index in [0.29, 0.717) is 12.8 Å². The van der Waals surface area contributed by atoms with Crippen molar-refractivity contribution in [1.82, 2.24) is 10.3 Å². The first-order valence-corrected chi connectivity index (χ1v) is 5.21. The van der Waals surface area contributed by atoms with Crippen molar-refractivity contribution < 1.29 is 14.3 Å². The maximum absolute atomic E-state index is 13.2. The zero-order chi connectivity index (χ0) is 11.6. The molecule has 86 valence electrons. The van der Waals surface area contributed by atoms with Crippen LogP contribution in [0.2, 0.25) is 0 Å². The zero-order valence-electron chi connectivity index (χ0n) is 8.74. The van der Waals surface area contributed by atoms with Gasteiger partial charge in [0, 0.05) is 12.7 Å². The van der Waals surface area contributed by atoms with Crippen LogP contribution in [0.3, 0.4) is 0 Å². The van der Waals surface area contributed by atoms with Crippen LogP contribution < -0.4 is 5.32 Å². The summed E-state index contributed by atoms with van der Waals surface area (Å²) in [6.07, 6.45) is 4.69. The molecule has 1 saturated carbocycles. The minimum absolute atomic E-state index is 0.0436. The number of nitrogens with zero attached hydrogens (tertiary/aromatic N) is 1. The zero-order valence-corrected chi connectivity index (χ0v) is 8.74. The molecule has 2 N–H and O–H groups in total. The van der Waals surface area contributed by atoms with Crippen LogP contribution in [0.15, 0.2) is 18.5 Å². The Bertz CT molecular complexity index is 405. The number of nitrogens with one attached hydrogen (secondary N) is 1. The summed E-state index contributed by atoms with van der Waals surface area (Å²) in [5.41, 5.74) is -0.836. The second-order valence-electron chi connectivity index (χ2n) is 4.12. The smallest absolute Gasteiger partial charge is 0.254 e. The molecule has 1 heterocycles. The quantitative estimate of drug-likeness (QED) is 0.800. The van der Waals surface area contributed by atoms with Crippen molar-refractivity contribution in [1.29, 1.82) is 0 Å². The Morgan fingerprint density at radius 1 is 1.62 bits per heavy atom. The predicted molar refractivity (Wildman–Crippen MR) is 55.3 cm³/mol. The fourth-order valence-electron chi connectivity index (χ4n) is 1.66. The van der Waals surface area contributed by atoms with Crippen molar-refractivity contribution >= 4 is 5.91 Å². The highest BCUT2D eigenvalue weighted by Gasteiger charge is 2.34. The lowest BCUT2D eigenvalue weighted by molar-refractivity contribution is -0.0300. The summed E-state index contributed by atoms with van der Waals surface area (Å²) in [6.45, 7) is 0.174. The van der Waals surface area contributed by atoms with E-state index < -0.39 is 17.3 Å². The van der Waals surface area contributed by atoms with Gasteiger partial charge in [0.25, 0.3) is 5.91 Å². The summed E-state index contributed by atoms with van der Waals surface area (Å²) in [7, 11) is 0. The molecule has 1 amide bonds. The number of pyridine rings is 1. The molecular formula is C11H13FN2O2. The van der Waals surface area contributed by atoms with Crippen molar-refractivity contribution in [2.75, 3.05) is 6.54 Å². The molecule has 1 fully saturated rings. The number of amides is 1. The molecule has 0 bridgehead atoms. The average molecular weight is 224 g/mol. The molecule has 1 aliphatic carbocycles. The summed E-state index contributed by atoms with van der Waals surface area (Å²) < 4.78 is 13.2. The fourth-order valence-corrected chi connectivity index (χ4v) is 1.66. The van der Waals surface area contributed by atoms with E-state index >= 15 is 0 Å². The van der Waals surface area contributed by atoms with Crippen LogP contribution in [-0.2, 0) is 0 Å². The molecule has 1 aliphatic rings. The predicted octanol–water partition coefficient (Wildman–Crippen LogP) is 0.865. The van der Waals surface area contributed by atoms with Crippen molar-refractivity contribution in [2.45, 2.75) is 24.9 Å². The molecule has 0 atom stereocenters. The third-order valence-electron chi connectivity index (χ3n) is 2.88. The molecule has 4 nitrogen and oxygen atoms in total. The number of carbonyl (C=O) groups excluding carboxylic acids is 1. The number of halogens is 1. The first-order chi connectivity index (χ1) is 7.61. The Morgan fingerprint density at radius 3 is 2.94 bits per heavy atom. The number of rotatable bonds is 3. The molecule has 0 unspecified atom stereocenters. The van der Waals surface area contributed by atoms with Gasteiger partial charge in [-0.05, 0) is 25.3 Å². The topological polar surface area (TPSA) is 62.2 Å². The highest BCUT2D eigenvalue weighted by Crippen LogP contribution is 2.30. The number of hydrogen-bond donors (Lipinski definition) is 2. The summed E-state index contributed by atoms with van der Waals surface area (Å²) in [5, 5.41) is 12.3. The first kappa shape index (κ1) is 11.0. The van der Waals surface area contributed by atoms with E-state index in [-0.39, 0.29) is 12.1 Å². The number of aliphatic hydroxyl groups is 1. The van der Waals surface area contributed by atoms with Crippen molar-refractivity contribution in [2.24, 2.45) is 0 Å². The van der Waals surface area contributed by atoms with Gasteiger partial charge in [-0.1, -0.05) is 0 Å². The molecule has 0 radical (unpaired) electrons. The van der Waals surface area contributed by atoms with Gasteiger partial charge in [0.1, 0.15) is 0 Å². The number of aromatic nitrogens is 1. The van der Waals surface area contributed by atoms with Crippen molar-refractivity contribution in [3.05, 3.63) is 29.8 Å². The Kier molecular flexibility index (Phi) is 2.87. The Labute approximate surface area is 92.5 Å². The van der Waals surface area contributed by atoms with Gasteiger partial charge in [-0.2, -0.15) is 0 Å². The van der Waals surface area contributed by atoms with Crippen LogP contribution in [0.1, 0.15) is 29.6 Å². The average Bonchev–Trinajstić information content (AvgIpc) is 2.24. The summed E-state index contributed by atoms with van der Waals surface area (Å²) in [6, 6.07) is 1.31. The molecule has 5 heteroatoms. The third kappa shape index (κ3) is 2.19. The van der Waals surface area contributed by atoms with Gasteiger partial charge < -0.3 is 10.4 Å². The second kappa shape index (κ2) is 4.17. The van der Waals surface area contributed by atoms with Gasteiger partial charge in [0.15, 0.2) is 5.82 Å². The lowest BCUT2D eigenvalue weighted by Gasteiger charge is -2.36. The lowest BCUT2D eigenvalue weighted by Crippen LogP contribution is -2.47. The van der Waals surface area contributed by atoms with Gasteiger partial charge >= 0.3 is 0 Å². The monoisotopic (exact) mass is 224 g/mol. The maximum Gasteiger partial charge on any atom is 0.254 e. The van der Waals surface area contributed by atoms with Crippen LogP contribution in [0.4, 0.5) is 4.39 Å². The molecule has 0 saturated heterocycles. The molecule has 0 spiro atoms. The van der Waals surface area contributed by atoms with Gasteiger partial charge in [-0.25, -0.2) is 4.39 Å². The minimum Gasteiger partial charge on any atom is -0.388 e. The highest BCUT2D eigenvalue weighted by atomic mass is 19.1. The molecule has 1 aromatic heterocycles. The Morgan fingerprint density at radius 2 is 2.38 bits per heavy atom. The standard InChI is InChI=1S/C11H13FN2O2/c12-9-6-13-5-2-8(9)10(15)14-7-11(16)3-1-4-11/h2,5-6,16H,1,3-4,7H2,(H,14,15). The van der Waals surface area contributed by atoms with E-state index in [0.717, 1.165) is 12.6 Å². The summed E-state index contributed by atoms with van der Waals surface area (Å²) >= 11 is 0. The highest BCUT2D eigenvalue weighted by molar-refractivity contribution is 5.94. The SMILES string of the molecule is O=C(NCC1(O)CCC1)c1ccncc1F. The lowest BCUT2D eigenvalue weighted by atomic mass is 9.80. The molecule has 0 aliphatic heterocycles. The summed E-state index contributed by atoms with van der Waals surface area (Å²) in [4.78, 5) is 15.1. The fraction of sp³-hybridized carbons (Fsp3) is 0.455. The third-order valence-corrected chi connectivity index (χ3v) is 2.88. The molecule has 1 aromatic rings. The van der Waals surface area contributed by atoms with Crippen LogP contribution in [-0.4, -0.2) is 28.1 Å². The van der Waals surface area contributed by atoms with Crippen molar-refractivity contribution in [3.63, 3.8) is 0 Å².